The first-order valence-corrected chi connectivity index (χ1v) is 10.5. The Morgan fingerprint density at radius 3 is 2.36 bits per heavy atom. The Morgan fingerprint density at radius 2 is 1.76 bits per heavy atom. The molecule has 33 heavy (non-hydrogen) atoms. The molecule has 1 aliphatic heterocycles. The molecule has 1 fully saturated rings. The molecule has 1 amide bonds. The topological polar surface area (TPSA) is 89.0 Å². The zero-order chi connectivity index (χ0) is 23.5. The van der Waals surface area contributed by atoms with Gasteiger partial charge in [0.2, 0.25) is 0 Å². The van der Waals surface area contributed by atoms with Crippen LogP contribution in [0.2, 0.25) is 0 Å². The molecule has 1 unspecified atom stereocenters. The van der Waals surface area contributed by atoms with Crippen molar-refractivity contribution in [2.45, 2.75) is 19.9 Å². The van der Waals surface area contributed by atoms with Gasteiger partial charge in [-0.3, -0.25) is 19.5 Å². The average Bonchev–Trinajstić information content (AvgIpc) is 3.11. The number of methoxy groups -OCH3 is 1. The molecule has 1 aromatic heterocycles. The molecule has 0 aliphatic carbocycles. The van der Waals surface area contributed by atoms with Crippen LogP contribution in [0.1, 0.15) is 29.7 Å². The molecule has 168 valence electrons. The number of nitrogens with zero attached hydrogens (tertiary/aromatic N) is 2. The summed E-state index contributed by atoms with van der Waals surface area (Å²) in [6, 6.07) is 14.7. The van der Waals surface area contributed by atoms with Crippen molar-refractivity contribution >= 4 is 23.1 Å². The van der Waals surface area contributed by atoms with Crippen molar-refractivity contribution in [3.8, 4) is 11.5 Å². The van der Waals surface area contributed by atoms with Gasteiger partial charge in [0, 0.05) is 23.6 Å². The number of carbonyl (C=O) groups excluding carboxylic acids is 2. The Morgan fingerprint density at radius 1 is 1.06 bits per heavy atom. The molecule has 7 nitrogen and oxygen atoms in total. The maximum absolute atomic E-state index is 13.2. The van der Waals surface area contributed by atoms with Crippen LogP contribution >= 0.6 is 0 Å². The monoisotopic (exact) mass is 444 g/mol. The van der Waals surface area contributed by atoms with Gasteiger partial charge < -0.3 is 14.6 Å². The van der Waals surface area contributed by atoms with Gasteiger partial charge in [-0.05, 0) is 79.6 Å². The second-order valence-electron chi connectivity index (χ2n) is 7.56. The van der Waals surface area contributed by atoms with E-state index >= 15 is 0 Å². The van der Waals surface area contributed by atoms with E-state index in [0.717, 1.165) is 5.56 Å². The maximum Gasteiger partial charge on any atom is 0.300 e. The first-order valence-electron chi connectivity index (χ1n) is 10.5. The van der Waals surface area contributed by atoms with Gasteiger partial charge in [-0.2, -0.15) is 0 Å². The third-order valence-corrected chi connectivity index (χ3v) is 5.57. The molecule has 1 saturated heterocycles. The minimum atomic E-state index is -0.812. The van der Waals surface area contributed by atoms with E-state index in [9.17, 15) is 14.7 Å². The van der Waals surface area contributed by atoms with Crippen LogP contribution in [0, 0.1) is 6.92 Å². The van der Waals surface area contributed by atoms with Crippen molar-refractivity contribution in [2.24, 2.45) is 0 Å². The fraction of sp³-hybridized carbons (Fsp3) is 0.192. The van der Waals surface area contributed by atoms with E-state index < -0.39 is 17.7 Å². The number of ketones is 1. The van der Waals surface area contributed by atoms with E-state index in [-0.39, 0.29) is 11.3 Å². The number of anilines is 1. The lowest BCUT2D eigenvalue weighted by Crippen LogP contribution is -2.29. The number of aromatic nitrogens is 1. The van der Waals surface area contributed by atoms with E-state index in [1.54, 1.807) is 74.1 Å². The molecule has 7 heteroatoms. The predicted octanol–water partition coefficient (Wildman–Crippen LogP) is 4.42. The maximum atomic E-state index is 13.2. The van der Waals surface area contributed by atoms with Crippen molar-refractivity contribution in [1.29, 1.82) is 0 Å². The summed E-state index contributed by atoms with van der Waals surface area (Å²) in [6.07, 6.45) is 3.18. The summed E-state index contributed by atoms with van der Waals surface area (Å²) in [5.74, 6) is -0.390. The van der Waals surface area contributed by atoms with Gasteiger partial charge in [-0.1, -0.05) is 0 Å². The van der Waals surface area contributed by atoms with E-state index in [2.05, 4.69) is 4.98 Å². The highest BCUT2D eigenvalue weighted by Gasteiger charge is 2.47. The van der Waals surface area contributed by atoms with Gasteiger partial charge in [0.15, 0.2) is 0 Å². The zero-order valence-electron chi connectivity index (χ0n) is 18.6. The van der Waals surface area contributed by atoms with Gasteiger partial charge >= 0.3 is 0 Å². The molecule has 0 radical (unpaired) electrons. The summed E-state index contributed by atoms with van der Waals surface area (Å²) in [7, 11) is 1.55. The Hall–Kier alpha value is -4.13. The first kappa shape index (κ1) is 22.1. The molecule has 3 aromatic rings. The van der Waals surface area contributed by atoms with Gasteiger partial charge in [0.25, 0.3) is 11.7 Å². The minimum Gasteiger partial charge on any atom is -0.507 e. The number of rotatable bonds is 6. The Bertz CT molecular complexity index is 1220. The number of carbonyl (C=O) groups is 2. The molecule has 0 bridgehead atoms. The Labute approximate surface area is 191 Å². The quantitative estimate of drug-likeness (QED) is 0.344. The van der Waals surface area contributed by atoms with Crippen LogP contribution in [0.3, 0.4) is 0 Å². The van der Waals surface area contributed by atoms with Gasteiger partial charge in [-0.25, -0.2) is 0 Å². The highest BCUT2D eigenvalue weighted by Crippen LogP contribution is 2.42. The summed E-state index contributed by atoms with van der Waals surface area (Å²) < 4.78 is 10.8. The average molecular weight is 444 g/mol. The van der Waals surface area contributed by atoms with Gasteiger partial charge in [0.1, 0.15) is 17.3 Å². The van der Waals surface area contributed by atoms with E-state index in [1.807, 2.05) is 13.8 Å². The summed E-state index contributed by atoms with van der Waals surface area (Å²) in [5.41, 5.74) is 2.44. The van der Waals surface area contributed by atoms with E-state index in [4.69, 9.17) is 9.47 Å². The number of hydrogen-bond acceptors (Lipinski definition) is 6. The lowest BCUT2D eigenvalue weighted by atomic mass is 9.95. The molecule has 0 spiro atoms. The molecule has 4 rings (SSSR count). The number of aliphatic hydroxyl groups excluding tert-OH is 1. The van der Waals surface area contributed by atoms with Crippen molar-refractivity contribution in [1.82, 2.24) is 4.98 Å². The molecular weight excluding hydrogens is 420 g/mol. The molecule has 1 atom stereocenters. The summed E-state index contributed by atoms with van der Waals surface area (Å²) in [4.78, 5) is 31.8. The number of amides is 1. The SMILES string of the molecule is CCOc1ccc(/C(O)=C2/C(=O)C(=O)N(c3ccc(OC)cc3)C2c2ccncc2)cc1C. The highest BCUT2D eigenvalue weighted by atomic mass is 16.5. The van der Waals surface area contributed by atoms with E-state index in [0.29, 0.717) is 34.9 Å². The Balaban J connectivity index is 1.88. The second kappa shape index (κ2) is 9.16. The fourth-order valence-electron chi connectivity index (χ4n) is 3.97. The van der Waals surface area contributed by atoms with Gasteiger partial charge in [0.05, 0.1) is 25.3 Å². The zero-order valence-corrected chi connectivity index (χ0v) is 18.6. The largest absolute Gasteiger partial charge is 0.507 e. The molecule has 2 aromatic carbocycles. The van der Waals surface area contributed by atoms with Crippen molar-refractivity contribution in [3.05, 3.63) is 89.3 Å². The number of Topliss-reactive ketones (excluding diaryl/α,β-unsaturated/α-hetero) is 1. The third-order valence-electron chi connectivity index (χ3n) is 5.57. The van der Waals surface area contributed by atoms with Crippen LogP contribution < -0.4 is 14.4 Å². The minimum absolute atomic E-state index is 0.0191. The lowest BCUT2D eigenvalue weighted by molar-refractivity contribution is -0.132. The first-order chi connectivity index (χ1) is 16.0. The number of aryl methyl sites for hydroxylation is 1. The third kappa shape index (κ3) is 4.05. The van der Waals surface area contributed by atoms with E-state index in [1.165, 1.54) is 4.90 Å². The van der Waals surface area contributed by atoms with Crippen molar-refractivity contribution in [3.63, 3.8) is 0 Å². The number of benzene rings is 2. The van der Waals surface area contributed by atoms with Crippen LogP contribution in [0.25, 0.3) is 5.76 Å². The summed E-state index contributed by atoms with van der Waals surface area (Å²) >= 11 is 0. The number of aliphatic hydroxyl groups is 1. The smallest absolute Gasteiger partial charge is 0.300 e. The lowest BCUT2D eigenvalue weighted by Gasteiger charge is -2.25. The van der Waals surface area contributed by atoms with Crippen LogP contribution in [0.5, 0.6) is 11.5 Å². The highest BCUT2D eigenvalue weighted by molar-refractivity contribution is 6.51. The predicted molar refractivity (Wildman–Crippen MR) is 124 cm³/mol. The van der Waals surface area contributed by atoms with Crippen molar-refractivity contribution < 1.29 is 24.2 Å². The Kier molecular flexibility index (Phi) is 6.13. The number of hydrogen-bond donors (Lipinski definition) is 1. The van der Waals surface area contributed by atoms with Crippen LogP contribution in [0.15, 0.2) is 72.6 Å². The van der Waals surface area contributed by atoms with Crippen LogP contribution in [0.4, 0.5) is 5.69 Å². The molecule has 1 aliphatic rings. The number of ether oxygens (including phenoxy) is 2. The fourth-order valence-corrected chi connectivity index (χ4v) is 3.97. The summed E-state index contributed by atoms with van der Waals surface area (Å²) in [6.45, 7) is 4.27. The van der Waals surface area contributed by atoms with Crippen molar-refractivity contribution in [2.75, 3.05) is 18.6 Å². The summed E-state index contributed by atoms with van der Waals surface area (Å²) in [5, 5.41) is 11.2. The standard InChI is InChI=1S/C26H24N2O5/c1-4-33-21-10-5-18(15-16(21)2)24(29)22-23(17-11-13-27-14-12-17)28(26(31)25(22)30)19-6-8-20(32-3)9-7-19/h5-15,23,29H,4H2,1-3H3/b24-22-. The second-order valence-corrected chi connectivity index (χ2v) is 7.56. The van der Waals surface area contributed by atoms with Gasteiger partial charge in [-0.15, -0.1) is 0 Å². The molecule has 1 N–H and O–H groups in total. The molecule has 0 saturated carbocycles. The normalized spacial score (nSPS) is 17.3. The van der Waals surface area contributed by atoms with Crippen LogP contribution in [-0.2, 0) is 9.59 Å². The number of pyridine rings is 1. The molecular formula is C26H24N2O5. The molecule has 2 heterocycles. The van der Waals surface area contributed by atoms with Crippen LogP contribution in [-0.4, -0.2) is 35.5 Å².